The molecule has 0 saturated heterocycles. The Morgan fingerprint density at radius 1 is 1.21 bits per heavy atom. The van der Waals surface area contributed by atoms with Gasteiger partial charge in [0.05, 0.1) is 20.3 Å². The van der Waals surface area contributed by atoms with Crippen molar-refractivity contribution in [1.82, 2.24) is 24.9 Å². The molecular weight excluding hydrogens is 389 g/mol. The molecule has 1 aromatic heterocycles. The van der Waals surface area contributed by atoms with E-state index >= 15 is 0 Å². The van der Waals surface area contributed by atoms with Gasteiger partial charge in [-0.15, -0.1) is 10.2 Å². The summed E-state index contributed by atoms with van der Waals surface area (Å²) in [5.74, 6) is 0.0668. The second-order valence-electron chi connectivity index (χ2n) is 5.76. The van der Waals surface area contributed by atoms with E-state index in [-0.39, 0.29) is 35.4 Å². The average molecular weight is 407 g/mol. The number of rotatable bonds is 8. The van der Waals surface area contributed by atoms with Crippen LogP contribution in [0.1, 0.15) is 5.56 Å². The fourth-order valence-electron chi connectivity index (χ4n) is 2.47. The topological polar surface area (TPSA) is 119 Å². The van der Waals surface area contributed by atoms with Crippen LogP contribution in [0.3, 0.4) is 0 Å². The molecule has 0 bridgehead atoms. The average Bonchev–Trinajstić information content (AvgIpc) is 3.16. The highest BCUT2D eigenvalue weighted by Gasteiger charge is 2.20. The van der Waals surface area contributed by atoms with Crippen LogP contribution in [0, 0.1) is 5.82 Å². The Bertz CT molecular complexity index is 1050. The van der Waals surface area contributed by atoms with Gasteiger partial charge < -0.3 is 9.84 Å². The zero-order valence-corrected chi connectivity index (χ0v) is 15.7. The second kappa shape index (κ2) is 8.42. The number of sulfonamides is 1. The van der Waals surface area contributed by atoms with Gasteiger partial charge in [-0.05, 0) is 41.1 Å². The second-order valence-corrected chi connectivity index (χ2v) is 7.49. The Balaban J connectivity index is 1.84. The fraction of sp³-hybridized carbons (Fsp3) is 0.235. The van der Waals surface area contributed by atoms with Crippen molar-refractivity contribution in [3.63, 3.8) is 0 Å². The quantitative estimate of drug-likeness (QED) is 0.567. The van der Waals surface area contributed by atoms with E-state index < -0.39 is 10.0 Å². The molecule has 0 saturated carbocycles. The summed E-state index contributed by atoms with van der Waals surface area (Å²) >= 11 is 0. The van der Waals surface area contributed by atoms with E-state index in [1.54, 1.807) is 12.1 Å². The van der Waals surface area contributed by atoms with Gasteiger partial charge in [0, 0.05) is 12.1 Å². The third-order valence-corrected chi connectivity index (χ3v) is 5.31. The summed E-state index contributed by atoms with van der Waals surface area (Å²) < 4.78 is 45.0. The molecule has 0 aliphatic rings. The number of nitrogens with one attached hydrogen (secondary N) is 1. The molecule has 0 unspecified atom stereocenters. The predicted octanol–water partition coefficient (Wildman–Crippen LogP) is 0.807. The molecule has 0 radical (unpaired) electrons. The number of nitrogens with zero attached hydrogens (tertiary/aromatic N) is 4. The number of hydrogen-bond donors (Lipinski definition) is 2. The monoisotopic (exact) mass is 407 g/mol. The number of benzene rings is 2. The highest BCUT2D eigenvalue weighted by molar-refractivity contribution is 7.89. The molecule has 0 spiro atoms. The standard InChI is InChI=1S/C17H18FN5O4S/c1-27-15-10-13(4-7-16(15)28(25,26)19-8-9-24)17-20-22-23(21-17)11-12-2-5-14(18)6-3-12/h2-7,10,19,24H,8-9,11H2,1H3. The van der Waals surface area contributed by atoms with Crippen LogP contribution in [0.25, 0.3) is 11.4 Å². The summed E-state index contributed by atoms with van der Waals surface area (Å²) in [6.07, 6.45) is 0. The summed E-state index contributed by atoms with van der Waals surface area (Å²) in [7, 11) is -2.48. The van der Waals surface area contributed by atoms with Crippen molar-refractivity contribution in [2.45, 2.75) is 11.4 Å². The van der Waals surface area contributed by atoms with E-state index in [0.717, 1.165) is 5.56 Å². The molecule has 0 aliphatic heterocycles. The van der Waals surface area contributed by atoms with Crippen LogP contribution in [0.2, 0.25) is 0 Å². The van der Waals surface area contributed by atoms with Gasteiger partial charge in [0.15, 0.2) is 0 Å². The van der Waals surface area contributed by atoms with Gasteiger partial charge in [-0.25, -0.2) is 17.5 Å². The minimum absolute atomic E-state index is 0.0640. The summed E-state index contributed by atoms with van der Waals surface area (Å²) in [5, 5.41) is 21.0. The Labute approximate surface area is 160 Å². The van der Waals surface area contributed by atoms with Gasteiger partial charge in [-0.1, -0.05) is 12.1 Å². The summed E-state index contributed by atoms with van der Waals surface area (Å²) in [4.78, 5) is 1.29. The van der Waals surface area contributed by atoms with Gasteiger partial charge >= 0.3 is 0 Å². The van der Waals surface area contributed by atoms with Crippen LogP contribution >= 0.6 is 0 Å². The van der Waals surface area contributed by atoms with Crippen molar-refractivity contribution >= 4 is 10.0 Å². The zero-order chi connectivity index (χ0) is 20.1. The lowest BCUT2D eigenvalue weighted by Crippen LogP contribution is -2.27. The Morgan fingerprint density at radius 3 is 2.64 bits per heavy atom. The number of tetrazole rings is 1. The maximum absolute atomic E-state index is 13.0. The molecule has 148 valence electrons. The number of aliphatic hydroxyl groups is 1. The Morgan fingerprint density at radius 2 is 1.96 bits per heavy atom. The van der Waals surface area contributed by atoms with E-state index in [2.05, 4.69) is 20.1 Å². The van der Waals surface area contributed by atoms with Crippen molar-refractivity contribution in [2.75, 3.05) is 20.3 Å². The first-order valence-electron chi connectivity index (χ1n) is 8.24. The maximum atomic E-state index is 13.0. The molecule has 0 aliphatic carbocycles. The van der Waals surface area contributed by atoms with Crippen LogP contribution in [-0.2, 0) is 16.6 Å². The van der Waals surface area contributed by atoms with E-state index in [4.69, 9.17) is 9.84 Å². The first kappa shape index (κ1) is 19.9. The maximum Gasteiger partial charge on any atom is 0.244 e. The zero-order valence-electron chi connectivity index (χ0n) is 14.9. The Hall–Kier alpha value is -2.89. The van der Waals surface area contributed by atoms with E-state index in [1.165, 1.54) is 42.2 Å². The first-order valence-corrected chi connectivity index (χ1v) is 9.72. The van der Waals surface area contributed by atoms with Crippen LogP contribution in [-0.4, -0.2) is 54.0 Å². The number of halogens is 1. The molecule has 2 aromatic carbocycles. The van der Waals surface area contributed by atoms with E-state index in [1.807, 2.05) is 0 Å². The number of ether oxygens (including phenoxy) is 1. The van der Waals surface area contributed by atoms with Crippen molar-refractivity contribution in [1.29, 1.82) is 0 Å². The molecule has 3 rings (SSSR count). The van der Waals surface area contributed by atoms with Crippen LogP contribution < -0.4 is 9.46 Å². The molecule has 11 heteroatoms. The predicted molar refractivity (Wildman–Crippen MR) is 97.6 cm³/mol. The highest BCUT2D eigenvalue weighted by atomic mass is 32.2. The first-order chi connectivity index (χ1) is 13.4. The van der Waals surface area contributed by atoms with Gasteiger partial charge in [-0.2, -0.15) is 4.80 Å². The molecule has 9 nitrogen and oxygen atoms in total. The molecule has 28 heavy (non-hydrogen) atoms. The third kappa shape index (κ3) is 4.50. The Kier molecular flexibility index (Phi) is 5.97. The summed E-state index contributed by atoms with van der Waals surface area (Å²) in [6, 6.07) is 10.3. The van der Waals surface area contributed by atoms with Crippen LogP contribution in [0.5, 0.6) is 5.75 Å². The minimum Gasteiger partial charge on any atom is -0.495 e. The van der Waals surface area contributed by atoms with Crippen molar-refractivity contribution < 1.29 is 22.7 Å². The summed E-state index contributed by atoms with van der Waals surface area (Å²) in [5.41, 5.74) is 1.32. The van der Waals surface area contributed by atoms with Crippen molar-refractivity contribution in [3.8, 4) is 17.1 Å². The highest BCUT2D eigenvalue weighted by Crippen LogP contribution is 2.28. The molecule has 0 atom stereocenters. The van der Waals surface area contributed by atoms with Crippen LogP contribution in [0.15, 0.2) is 47.4 Å². The molecule has 2 N–H and O–H groups in total. The van der Waals surface area contributed by atoms with Gasteiger partial charge in [-0.3, -0.25) is 0 Å². The van der Waals surface area contributed by atoms with Gasteiger partial charge in [0.1, 0.15) is 16.5 Å². The van der Waals surface area contributed by atoms with Crippen molar-refractivity contribution in [2.24, 2.45) is 0 Å². The van der Waals surface area contributed by atoms with Gasteiger partial charge in [0.2, 0.25) is 15.8 Å². The van der Waals surface area contributed by atoms with E-state index in [0.29, 0.717) is 12.1 Å². The molecule has 0 amide bonds. The number of methoxy groups -OCH3 is 1. The number of hydrogen-bond acceptors (Lipinski definition) is 7. The molecule has 1 heterocycles. The summed E-state index contributed by atoms with van der Waals surface area (Å²) in [6.45, 7) is -0.116. The number of aliphatic hydroxyl groups excluding tert-OH is 1. The lowest BCUT2D eigenvalue weighted by molar-refractivity contribution is 0.301. The lowest BCUT2D eigenvalue weighted by Gasteiger charge is -2.10. The molecule has 0 fully saturated rings. The van der Waals surface area contributed by atoms with Crippen LogP contribution in [0.4, 0.5) is 4.39 Å². The molecule has 3 aromatic rings. The van der Waals surface area contributed by atoms with E-state index in [9.17, 15) is 12.8 Å². The smallest absolute Gasteiger partial charge is 0.244 e. The van der Waals surface area contributed by atoms with Gasteiger partial charge in [0.25, 0.3) is 0 Å². The fourth-order valence-corrected chi connectivity index (χ4v) is 3.64. The largest absolute Gasteiger partial charge is 0.495 e. The normalized spacial score (nSPS) is 11.5. The van der Waals surface area contributed by atoms with Crippen molar-refractivity contribution in [3.05, 3.63) is 53.8 Å². The third-order valence-electron chi connectivity index (χ3n) is 3.81. The SMILES string of the molecule is COc1cc(-c2nnn(Cc3ccc(F)cc3)n2)ccc1S(=O)(=O)NCCO. The molecular formula is C17H18FN5O4S. The number of aromatic nitrogens is 4. The minimum atomic E-state index is -3.83. The lowest BCUT2D eigenvalue weighted by atomic mass is 10.2.